The van der Waals surface area contributed by atoms with E-state index in [0.717, 1.165) is 18.8 Å². The van der Waals surface area contributed by atoms with Crippen molar-refractivity contribution in [2.45, 2.75) is 12.8 Å². The van der Waals surface area contributed by atoms with Crippen molar-refractivity contribution in [2.24, 2.45) is 0 Å². The summed E-state index contributed by atoms with van der Waals surface area (Å²) in [5, 5.41) is 3.61. The summed E-state index contributed by atoms with van der Waals surface area (Å²) in [6.45, 7) is 2.19. The van der Waals surface area contributed by atoms with Crippen molar-refractivity contribution in [3.05, 3.63) is 60.0 Å². The molecule has 24 heavy (non-hydrogen) atoms. The van der Waals surface area contributed by atoms with E-state index in [1.807, 2.05) is 24.3 Å². The maximum Gasteiger partial charge on any atom is 0.257 e. The smallest absolute Gasteiger partial charge is 0.257 e. The lowest BCUT2D eigenvalue weighted by molar-refractivity contribution is 0.102. The summed E-state index contributed by atoms with van der Waals surface area (Å²) in [7, 11) is 0. The largest absolute Gasteiger partial charge is 0.372 e. The van der Waals surface area contributed by atoms with Gasteiger partial charge in [0.2, 0.25) is 0 Å². The lowest BCUT2D eigenvalue weighted by Crippen LogP contribution is -2.17. The van der Waals surface area contributed by atoms with E-state index in [1.54, 1.807) is 12.3 Å². The first-order chi connectivity index (χ1) is 11.7. The third-order valence-corrected chi connectivity index (χ3v) is 4.48. The first kappa shape index (κ1) is 14.8. The van der Waals surface area contributed by atoms with Crippen LogP contribution in [0.5, 0.6) is 0 Å². The lowest BCUT2D eigenvalue weighted by atomic mass is 10.1. The van der Waals surface area contributed by atoms with E-state index in [-0.39, 0.29) is 11.7 Å². The number of nitrogens with one attached hydrogen (secondary N) is 2. The van der Waals surface area contributed by atoms with Crippen LogP contribution in [0.1, 0.15) is 23.2 Å². The monoisotopic (exact) mass is 323 g/mol. The van der Waals surface area contributed by atoms with Crippen molar-refractivity contribution in [2.75, 3.05) is 23.3 Å². The van der Waals surface area contributed by atoms with Gasteiger partial charge in [0.05, 0.1) is 5.56 Å². The number of anilines is 2. The summed E-state index contributed by atoms with van der Waals surface area (Å²) < 4.78 is 13.2. The molecule has 0 atom stereocenters. The van der Waals surface area contributed by atoms with Gasteiger partial charge in [-0.2, -0.15) is 0 Å². The minimum atomic E-state index is -0.325. The molecule has 122 valence electrons. The van der Waals surface area contributed by atoms with Gasteiger partial charge < -0.3 is 15.2 Å². The number of fused-ring (bicyclic) bond motifs is 1. The molecule has 0 saturated carbocycles. The van der Waals surface area contributed by atoms with Crippen LogP contribution in [-0.4, -0.2) is 24.0 Å². The molecule has 1 aliphatic rings. The van der Waals surface area contributed by atoms with E-state index in [1.165, 1.54) is 30.7 Å². The van der Waals surface area contributed by atoms with E-state index in [2.05, 4.69) is 15.2 Å². The number of nitrogens with zero attached hydrogens (tertiary/aromatic N) is 1. The highest BCUT2D eigenvalue weighted by molar-refractivity contribution is 6.12. The van der Waals surface area contributed by atoms with Crippen LogP contribution in [0.25, 0.3) is 10.9 Å². The number of hydrogen-bond acceptors (Lipinski definition) is 2. The van der Waals surface area contributed by atoms with Crippen molar-refractivity contribution in [3.63, 3.8) is 0 Å². The number of hydrogen-bond donors (Lipinski definition) is 2. The Morgan fingerprint density at radius 3 is 2.58 bits per heavy atom. The molecule has 1 aliphatic heterocycles. The fourth-order valence-corrected chi connectivity index (χ4v) is 3.22. The van der Waals surface area contributed by atoms with Gasteiger partial charge in [0.1, 0.15) is 5.82 Å². The quantitative estimate of drug-likeness (QED) is 0.760. The van der Waals surface area contributed by atoms with E-state index in [0.29, 0.717) is 16.5 Å². The molecule has 0 aliphatic carbocycles. The normalized spacial score (nSPS) is 14.3. The molecule has 0 spiro atoms. The van der Waals surface area contributed by atoms with Crippen LogP contribution in [0, 0.1) is 5.82 Å². The zero-order chi connectivity index (χ0) is 16.5. The third kappa shape index (κ3) is 2.73. The Labute approximate surface area is 139 Å². The number of carbonyl (C=O) groups excluding carboxylic acids is 1. The summed E-state index contributed by atoms with van der Waals surface area (Å²) in [5.74, 6) is -0.532. The lowest BCUT2D eigenvalue weighted by Gasteiger charge is -2.17. The zero-order valence-electron chi connectivity index (χ0n) is 13.2. The van der Waals surface area contributed by atoms with E-state index in [4.69, 9.17) is 0 Å². The number of H-pyrrole nitrogens is 1. The van der Waals surface area contributed by atoms with Gasteiger partial charge in [-0.1, -0.05) is 0 Å². The van der Waals surface area contributed by atoms with Gasteiger partial charge in [-0.15, -0.1) is 0 Å². The molecule has 5 heteroatoms. The van der Waals surface area contributed by atoms with E-state index in [9.17, 15) is 9.18 Å². The fraction of sp³-hybridized carbons (Fsp3) is 0.211. The van der Waals surface area contributed by atoms with Crippen molar-refractivity contribution < 1.29 is 9.18 Å². The molecule has 2 N–H and O–H groups in total. The molecule has 0 bridgehead atoms. The highest BCUT2D eigenvalue weighted by Gasteiger charge is 2.14. The Morgan fingerprint density at radius 2 is 1.83 bits per heavy atom. The molecule has 1 fully saturated rings. The second-order valence-corrected chi connectivity index (χ2v) is 6.09. The molecule has 2 heterocycles. The second kappa shape index (κ2) is 6.00. The average Bonchev–Trinajstić information content (AvgIpc) is 3.24. The van der Waals surface area contributed by atoms with Gasteiger partial charge in [0.25, 0.3) is 5.91 Å². The predicted octanol–water partition coefficient (Wildman–Crippen LogP) is 4.16. The minimum absolute atomic E-state index is 0.207. The van der Waals surface area contributed by atoms with Crippen LogP contribution in [0.15, 0.2) is 48.7 Å². The van der Waals surface area contributed by atoms with Crippen LogP contribution < -0.4 is 10.2 Å². The minimum Gasteiger partial charge on any atom is -0.372 e. The van der Waals surface area contributed by atoms with Crippen LogP contribution in [0.2, 0.25) is 0 Å². The van der Waals surface area contributed by atoms with Crippen molar-refractivity contribution >= 4 is 28.2 Å². The van der Waals surface area contributed by atoms with Gasteiger partial charge in [-0.05, 0) is 55.3 Å². The molecular weight excluding hydrogens is 305 g/mol. The number of halogens is 1. The van der Waals surface area contributed by atoms with Gasteiger partial charge >= 0.3 is 0 Å². The number of benzene rings is 2. The van der Waals surface area contributed by atoms with Crippen LogP contribution in [0.4, 0.5) is 15.8 Å². The molecule has 4 rings (SSSR count). The first-order valence-electron chi connectivity index (χ1n) is 8.14. The standard InChI is InChI=1S/C19H18FN3O/c20-13-3-8-16-17(12-21-18(16)11-13)19(24)22-14-4-6-15(7-5-14)23-9-1-2-10-23/h3-8,11-12,21H,1-2,9-10H2,(H,22,24). The predicted molar refractivity (Wildman–Crippen MR) is 94.1 cm³/mol. The van der Waals surface area contributed by atoms with Gasteiger partial charge in [-0.3, -0.25) is 4.79 Å². The first-order valence-corrected chi connectivity index (χ1v) is 8.14. The van der Waals surface area contributed by atoms with Gasteiger partial charge in [0, 0.05) is 41.6 Å². The highest BCUT2D eigenvalue weighted by atomic mass is 19.1. The number of aromatic nitrogens is 1. The Bertz CT molecular complexity index is 879. The highest BCUT2D eigenvalue weighted by Crippen LogP contribution is 2.24. The molecule has 1 aromatic heterocycles. The summed E-state index contributed by atoms with van der Waals surface area (Å²) in [5.41, 5.74) is 3.06. The molecular formula is C19H18FN3O. The Kier molecular flexibility index (Phi) is 3.69. The van der Waals surface area contributed by atoms with Gasteiger partial charge in [0.15, 0.2) is 0 Å². The molecule has 0 radical (unpaired) electrons. The fourth-order valence-electron chi connectivity index (χ4n) is 3.22. The van der Waals surface area contributed by atoms with E-state index >= 15 is 0 Å². The Morgan fingerprint density at radius 1 is 1.08 bits per heavy atom. The molecule has 2 aromatic carbocycles. The third-order valence-electron chi connectivity index (χ3n) is 4.48. The van der Waals surface area contributed by atoms with E-state index < -0.39 is 0 Å². The Balaban J connectivity index is 1.52. The Hall–Kier alpha value is -2.82. The molecule has 0 unspecified atom stereocenters. The maximum atomic E-state index is 13.2. The molecule has 1 saturated heterocycles. The topological polar surface area (TPSA) is 48.1 Å². The SMILES string of the molecule is O=C(Nc1ccc(N2CCCC2)cc1)c1c[nH]c2cc(F)ccc12. The van der Waals surface area contributed by atoms with Crippen LogP contribution >= 0.6 is 0 Å². The van der Waals surface area contributed by atoms with Gasteiger partial charge in [-0.25, -0.2) is 4.39 Å². The van der Waals surface area contributed by atoms with Crippen LogP contribution in [0.3, 0.4) is 0 Å². The molecule has 1 amide bonds. The van der Waals surface area contributed by atoms with Crippen molar-refractivity contribution in [1.29, 1.82) is 0 Å². The summed E-state index contributed by atoms with van der Waals surface area (Å²) in [4.78, 5) is 17.8. The second-order valence-electron chi connectivity index (χ2n) is 6.09. The zero-order valence-corrected chi connectivity index (χ0v) is 13.2. The number of aromatic amines is 1. The summed E-state index contributed by atoms with van der Waals surface area (Å²) in [6.07, 6.45) is 4.08. The maximum absolute atomic E-state index is 13.2. The molecule has 3 aromatic rings. The average molecular weight is 323 g/mol. The van der Waals surface area contributed by atoms with Crippen LogP contribution in [-0.2, 0) is 0 Å². The number of carbonyl (C=O) groups is 1. The van der Waals surface area contributed by atoms with Crippen molar-refractivity contribution in [3.8, 4) is 0 Å². The summed E-state index contributed by atoms with van der Waals surface area (Å²) >= 11 is 0. The molecule has 4 nitrogen and oxygen atoms in total. The summed E-state index contributed by atoms with van der Waals surface area (Å²) in [6, 6.07) is 12.3. The number of rotatable bonds is 3. The van der Waals surface area contributed by atoms with Crippen molar-refractivity contribution in [1.82, 2.24) is 4.98 Å². The number of amides is 1.